The SMILES string of the molecule is CN1CC[C@@H](c2c(O)cc(O)c3c2OC(c2cccc(Cl)c2)CC3=O)[C@@H](O)C1. The Morgan fingerprint density at radius 2 is 2.00 bits per heavy atom. The molecule has 2 heterocycles. The first kappa shape index (κ1) is 19.1. The van der Waals surface area contributed by atoms with Gasteiger partial charge in [0.1, 0.15) is 28.9 Å². The zero-order valence-corrected chi connectivity index (χ0v) is 16.2. The number of ether oxygens (including phenoxy) is 1. The van der Waals surface area contributed by atoms with Crippen molar-refractivity contribution in [1.29, 1.82) is 0 Å². The van der Waals surface area contributed by atoms with Gasteiger partial charge in [0.05, 0.1) is 12.5 Å². The largest absolute Gasteiger partial charge is 0.507 e. The molecule has 3 atom stereocenters. The van der Waals surface area contributed by atoms with Crippen molar-refractivity contribution in [3.63, 3.8) is 0 Å². The molecule has 2 aliphatic rings. The molecule has 0 radical (unpaired) electrons. The minimum absolute atomic E-state index is 0.0566. The summed E-state index contributed by atoms with van der Waals surface area (Å²) in [5.41, 5.74) is 1.19. The summed E-state index contributed by atoms with van der Waals surface area (Å²) in [6, 6.07) is 8.24. The van der Waals surface area contributed by atoms with Gasteiger partial charge in [-0.25, -0.2) is 0 Å². The summed E-state index contributed by atoms with van der Waals surface area (Å²) < 4.78 is 6.14. The normalized spacial score (nSPS) is 25.2. The number of aliphatic hydroxyl groups excluding tert-OH is 1. The minimum atomic E-state index is -0.719. The highest BCUT2D eigenvalue weighted by atomic mass is 35.5. The number of likely N-dealkylation sites (tertiary alicyclic amines) is 1. The second-order valence-corrected chi connectivity index (χ2v) is 7.98. The third-order valence-corrected chi connectivity index (χ3v) is 5.80. The maximum atomic E-state index is 12.8. The standard InChI is InChI=1S/C21H22ClNO5/c1-23-6-5-13(17(27)10-23)19-14(24)8-15(25)20-16(26)9-18(28-21(19)20)11-3-2-4-12(22)7-11/h2-4,7-8,13,17-18,24-25,27H,5-6,9-10H2,1H3/t13-,17+,18?/m1/s1. The van der Waals surface area contributed by atoms with Crippen molar-refractivity contribution in [2.24, 2.45) is 0 Å². The molecule has 2 aliphatic heterocycles. The first-order valence-corrected chi connectivity index (χ1v) is 9.63. The van der Waals surface area contributed by atoms with Gasteiger partial charge in [0.25, 0.3) is 0 Å². The summed E-state index contributed by atoms with van der Waals surface area (Å²) in [5.74, 6) is -0.992. The molecule has 0 saturated carbocycles. The van der Waals surface area contributed by atoms with Gasteiger partial charge in [-0.3, -0.25) is 4.79 Å². The van der Waals surface area contributed by atoms with Gasteiger partial charge in [-0.2, -0.15) is 0 Å². The van der Waals surface area contributed by atoms with Crippen molar-refractivity contribution >= 4 is 17.4 Å². The second-order valence-electron chi connectivity index (χ2n) is 7.55. The third kappa shape index (κ3) is 3.32. The van der Waals surface area contributed by atoms with E-state index in [1.807, 2.05) is 18.0 Å². The zero-order chi connectivity index (χ0) is 20.0. The van der Waals surface area contributed by atoms with E-state index < -0.39 is 18.1 Å². The molecule has 28 heavy (non-hydrogen) atoms. The summed E-state index contributed by atoms with van der Waals surface area (Å²) in [6.45, 7) is 1.19. The van der Waals surface area contributed by atoms with Crippen LogP contribution < -0.4 is 4.74 Å². The van der Waals surface area contributed by atoms with Gasteiger partial charge in [0.2, 0.25) is 0 Å². The summed E-state index contributed by atoms with van der Waals surface area (Å²) in [6.07, 6.45) is -0.645. The molecule has 0 bridgehead atoms. The molecular weight excluding hydrogens is 382 g/mol. The fraction of sp³-hybridized carbons (Fsp3) is 0.381. The number of piperidine rings is 1. The van der Waals surface area contributed by atoms with Crippen LogP contribution in [0.1, 0.15) is 46.3 Å². The molecule has 0 aromatic heterocycles. The van der Waals surface area contributed by atoms with E-state index in [0.717, 1.165) is 12.1 Å². The number of β-amino-alcohol motifs (C(OH)–C–C–N with tert-alkyl or cyclic N) is 1. The van der Waals surface area contributed by atoms with Crippen LogP contribution in [0.2, 0.25) is 5.02 Å². The van der Waals surface area contributed by atoms with E-state index in [9.17, 15) is 20.1 Å². The number of aromatic hydroxyl groups is 2. The van der Waals surface area contributed by atoms with Gasteiger partial charge in [-0.05, 0) is 37.7 Å². The van der Waals surface area contributed by atoms with Crippen LogP contribution in [0.15, 0.2) is 30.3 Å². The minimum Gasteiger partial charge on any atom is -0.507 e. The van der Waals surface area contributed by atoms with E-state index in [-0.39, 0.29) is 35.0 Å². The van der Waals surface area contributed by atoms with Gasteiger partial charge in [-0.15, -0.1) is 0 Å². The lowest BCUT2D eigenvalue weighted by Crippen LogP contribution is -2.40. The first-order valence-electron chi connectivity index (χ1n) is 9.26. The molecule has 1 saturated heterocycles. The Bertz CT molecular complexity index is 931. The van der Waals surface area contributed by atoms with Crippen molar-refractivity contribution in [2.45, 2.75) is 31.0 Å². The number of likely N-dealkylation sites (N-methyl/N-ethyl adjacent to an activating group) is 1. The molecule has 2 aromatic rings. The summed E-state index contributed by atoms with van der Waals surface area (Å²) in [4.78, 5) is 14.8. The number of aliphatic hydroxyl groups is 1. The second kappa shape index (κ2) is 7.28. The van der Waals surface area contributed by atoms with E-state index in [0.29, 0.717) is 23.6 Å². The highest BCUT2D eigenvalue weighted by molar-refractivity contribution is 6.30. The van der Waals surface area contributed by atoms with E-state index in [1.165, 1.54) is 6.07 Å². The number of carbonyl (C=O) groups is 1. The molecule has 4 rings (SSSR count). The van der Waals surface area contributed by atoms with Crippen molar-refractivity contribution in [2.75, 3.05) is 20.1 Å². The maximum Gasteiger partial charge on any atom is 0.174 e. The summed E-state index contributed by atoms with van der Waals surface area (Å²) >= 11 is 6.08. The first-order chi connectivity index (χ1) is 13.3. The quantitative estimate of drug-likeness (QED) is 0.713. The van der Waals surface area contributed by atoms with Crippen molar-refractivity contribution in [1.82, 2.24) is 4.90 Å². The summed E-state index contributed by atoms with van der Waals surface area (Å²) in [7, 11) is 1.92. The average molecular weight is 404 g/mol. The maximum absolute atomic E-state index is 12.8. The molecule has 1 fully saturated rings. The number of Topliss-reactive ketones (excluding diaryl/α,β-unsaturated/α-hetero) is 1. The number of ketones is 1. The number of benzene rings is 2. The van der Waals surface area contributed by atoms with Crippen LogP contribution in [0, 0.1) is 0 Å². The van der Waals surface area contributed by atoms with Crippen LogP contribution in [0.3, 0.4) is 0 Å². The van der Waals surface area contributed by atoms with Crippen LogP contribution in [0.4, 0.5) is 0 Å². The third-order valence-electron chi connectivity index (χ3n) is 5.56. The van der Waals surface area contributed by atoms with Crippen LogP contribution in [0.25, 0.3) is 0 Å². The van der Waals surface area contributed by atoms with Gasteiger partial charge in [0, 0.05) is 29.1 Å². The topological polar surface area (TPSA) is 90.2 Å². The molecule has 7 heteroatoms. The highest BCUT2D eigenvalue weighted by Gasteiger charge is 2.38. The highest BCUT2D eigenvalue weighted by Crippen LogP contribution is 2.49. The number of halogens is 1. The predicted octanol–water partition coefficient (Wildman–Crippen LogP) is 3.24. The molecular formula is C21H22ClNO5. The van der Waals surface area contributed by atoms with Gasteiger partial charge in [-0.1, -0.05) is 23.7 Å². The number of fused-ring (bicyclic) bond motifs is 1. The molecule has 148 valence electrons. The molecule has 0 aliphatic carbocycles. The van der Waals surface area contributed by atoms with E-state index in [2.05, 4.69) is 0 Å². The van der Waals surface area contributed by atoms with Crippen LogP contribution >= 0.6 is 11.6 Å². The van der Waals surface area contributed by atoms with Gasteiger partial charge < -0.3 is 25.0 Å². The molecule has 6 nitrogen and oxygen atoms in total. The Kier molecular flexibility index (Phi) is 4.95. The predicted molar refractivity (Wildman–Crippen MR) is 104 cm³/mol. The fourth-order valence-corrected chi connectivity index (χ4v) is 4.37. The number of hydrogen-bond donors (Lipinski definition) is 3. The van der Waals surface area contributed by atoms with E-state index in [1.54, 1.807) is 18.2 Å². The number of phenols is 2. The van der Waals surface area contributed by atoms with Crippen LogP contribution in [0.5, 0.6) is 17.2 Å². The molecule has 0 amide bonds. The average Bonchev–Trinajstić information content (AvgIpc) is 2.62. The van der Waals surface area contributed by atoms with Crippen LogP contribution in [-0.4, -0.2) is 52.2 Å². The Hall–Kier alpha value is -2.28. The number of phenolic OH excluding ortho intramolecular Hbond substituents is 2. The number of nitrogens with zero attached hydrogens (tertiary/aromatic N) is 1. The lowest BCUT2D eigenvalue weighted by Gasteiger charge is -2.36. The number of hydrogen-bond acceptors (Lipinski definition) is 6. The number of rotatable bonds is 2. The zero-order valence-electron chi connectivity index (χ0n) is 15.4. The molecule has 2 aromatic carbocycles. The van der Waals surface area contributed by atoms with Crippen LogP contribution in [-0.2, 0) is 0 Å². The monoisotopic (exact) mass is 403 g/mol. The van der Waals surface area contributed by atoms with E-state index in [4.69, 9.17) is 16.3 Å². The molecule has 1 unspecified atom stereocenters. The smallest absolute Gasteiger partial charge is 0.174 e. The van der Waals surface area contributed by atoms with Gasteiger partial charge in [0.15, 0.2) is 5.78 Å². The summed E-state index contributed by atoms with van der Waals surface area (Å²) in [5, 5.41) is 32.0. The Morgan fingerprint density at radius 1 is 1.21 bits per heavy atom. The van der Waals surface area contributed by atoms with Crippen molar-refractivity contribution in [3.8, 4) is 17.2 Å². The lowest BCUT2D eigenvalue weighted by atomic mass is 9.83. The van der Waals surface area contributed by atoms with Crippen molar-refractivity contribution < 1.29 is 24.9 Å². The number of carbonyl (C=O) groups excluding carboxylic acids is 1. The fourth-order valence-electron chi connectivity index (χ4n) is 4.17. The molecule has 0 spiro atoms. The van der Waals surface area contributed by atoms with E-state index >= 15 is 0 Å². The Balaban J connectivity index is 1.80. The molecule has 3 N–H and O–H groups in total. The van der Waals surface area contributed by atoms with Crippen molar-refractivity contribution in [3.05, 3.63) is 52.0 Å². The van der Waals surface area contributed by atoms with Gasteiger partial charge >= 0.3 is 0 Å². The lowest BCUT2D eigenvalue weighted by molar-refractivity contribution is 0.0592. The Labute approximate surface area is 167 Å². The Morgan fingerprint density at radius 3 is 2.71 bits per heavy atom.